The van der Waals surface area contributed by atoms with Crippen LogP contribution in [-0.4, -0.2) is 16.7 Å². The number of ether oxygens (including phenoxy) is 1. The summed E-state index contributed by atoms with van der Waals surface area (Å²) in [7, 11) is 1.57. The predicted molar refractivity (Wildman–Crippen MR) is 115 cm³/mol. The van der Waals surface area contributed by atoms with Crippen LogP contribution in [0.2, 0.25) is 0 Å². The molecule has 0 aliphatic heterocycles. The first kappa shape index (κ1) is 19.3. The van der Waals surface area contributed by atoms with Crippen molar-refractivity contribution >= 4 is 33.6 Å². The van der Waals surface area contributed by atoms with Gasteiger partial charge in [0.15, 0.2) is 5.16 Å². The maximum absolute atomic E-state index is 12.9. The molecule has 4 rings (SSSR count). The molecule has 0 N–H and O–H groups in total. The van der Waals surface area contributed by atoms with Crippen molar-refractivity contribution in [3.8, 4) is 5.75 Å². The highest BCUT2D eigenvalue weighted by Gasteiger charge is 2.13. The number of hydrogen-bond acceptors (Lipinski definition) is 6. The third kappa shape index (κ3) is 3.78. The van der Waals surface area contributed by atoms with Gasteiger partial charge in [-0.1, -0.05) is 30.8 Å². The Kier molecular flexibility index (Phi) is 5.40. The van der Waals surface area contributed by atoms with E-state index in [-0.39, 0.29) is 5.56 Å². The van der Waals surface area contributed by atoms with Gasteiger partial charge in [-0.25, -0.2) is 9.78 Å². The second kappa shape index (κ2) is 8.13. The number of benzene rings is 2. The average Bonchev–Trinajstić information content (AvgIpc) is 2.73. The van der Waals surface area contributed by atoms with Gasteiger partial charge in [-0.3, -0.25) is 9.36 Å². The van der Waals surface area contributed by atoms with Gasteiger partial charge in [0.25, 0.3) is 5.56 Å². The molecule has 0 aliphatic carbocycles. The molecular weight excluding hydrogens is 388 g/mol. The van der Waals surface area contributed by atoms with Crippen molar-refractivity contribution in [2.45, 2.75) is 30.8 Å². The molecule has 0 saturated heterocycles. The number of nitrogens with zero attached hydrogens (tertiary/aromatic N) is 2. The van der Waals surface area contributed by atoms with Crippen LogP contribution in [0.1, 0.15) is 18.9 Å². The fraction of sp³-hybridized carbons (Fsp3) is 0.227. The number of para-hydroxylation sites is 1. The van der Waals surface area contributed by atoms with Crippen LogP contribution in [0.5, 0.6) is 5.75 Å². The molecule has 2 heterocycles. The molecule has 7 heteroatoms. The molecule has 6 nitrogen and oxygen atoms in total. The van der Waals surface area contributed by atoms with Crippen LogP contribution in [-0.2, 0) is 12.3 Å². The van der Waals surface area contributed by atoms with E-state index in [4.69, 9.17) is 14.1 Å². The van der Waals surface area contributed by atoms with Gasteiger partial charge in [-0.05, 0) is 36.2 Å². The largest absolute Gasteiger partial charge is 0.497 e. The van der Waals surface area contributed by atoms with Crippen molar-refractivity contribution < 1.29 is 9.15 Å². The van der Waals surface area contributed by atoms with Gasteiger partial charge in [-0.2, -0.15) is 0 Å². The summed E-state index contributed by atoms with van der Waals surface area (Å²) in [4.78, 5) is 29.6. The van der Waals surface area contributed by atoms with Crippen molar-refractivity contribution in [2.75, 3.05) is 7.11 Å². The van der Waals surface area contributed by atoms with Crippen LogP contribution >= 0.6 is 11.8 Å². The minimum atomic E-state index is -0.418. The summed E-state index contributed by atoms with van der Waals surface area (Å²) in [5.41, 5.74) is 1.52. The fourth-order valence-electron chi connectivity index (χ4n) is 3.28. The summed E-state index contributed by atoms with van der Waals surface area (Å²) in [6.07, 6.45) is 0.825. The average molecular weight is 408 g/mol. The maximum atomic E-state index is 12.9. The first-order chi connectivity index (χ1) is 14.1. The highest BCUT2D eigenvalue weighted by Crippen LogP contribution is 2.28. The van der Waals surface area contributed by atoms with E-state index in [1.54, 1.807) is 23.8 Å². The van der Waals surface area contributed by atoms with Crippen LogP contribution in [0, 0.1) is 0 Å². The van der Waals surface area contributed by atoms with Crippen LogP contribution in [0.25, 0.3) is 21.9 Å². The van der Waals surface area contributed by atoms with Crippen molar-refractivity contribution in [2.24, 2.45) is 0 Å². The molecule has 29 heavy (non-hydrogen) atoms. The van der Waals surface area contributed by atoms with Crippen molar-refractivity contribution in [1.82, 2.24) is 9.55 Å². The molecule has 0 spiro atoms. The lowest BCUT2D eigenvalue weighted by atomic mass is 10.1. The van der Waals surface area contributed by atoms with Crippen molar-refractivity contribution in [1.29, 1.82) is 0 Å². The number of rotatable bonds is 6. The molecule has 0 fully saturated rings. The Morgan fingerprint density at radius 1 is 1.10 bits per heavy atom. The summed E-state index contributed by atoms with van der Waals surface area (Å²) >= 11 is 1.44. The Morgan fingerprint density at radius 3 is 2.72 bits per heavy atom. The van der Waals surface area contributed by atoms with Crippen LogP contribution in [0.15, 0.2) is 67.7 Å². The third-order valence-electron chi connectivity index (χ3n) is 4.67. The Hall–Kier alpha value is -3.06. The van der Waals surface area contributed by atoms with E-state index in [2.05, 4.69) is 0 Å². The van der Waals surface area contributed by atoms with Gasteiger partial charge in [0.05, 0.1) is 18.0 Å². The lowest BCUT2D eigenvalue weighted by Gasteiger charge is -2.13. The highest BCUT2D eigenvalue weighted by atomic mass is 32.2. The monoisotopic (exact) mass is 408 g/mol. The van der Waals surface area contributed by atoms with Gasteiger partial charge in [0.1, 0.15) is 11.3 Å². The van der Waals surface area contributed by atoms with Crippen molar-refractivity contribution in [3.63, 3.8) is 0 Å². The standard InChI is InChI=1S/C22H20N2O4S/c1-3-10-24-21(26)17-6-4-5-7-18(17)23-22(24)29-13-14-11-20(25)28-19-12-15(27-2)8-9-16(14)19/h4-9,11-12H,3,10,13H2,1-2H3. The zero-order valence-electron chi connectivity index (χ0n) is 16.2. The molecule has 0 aliphatic rings. The maximum Gasteiger partial charge on any atom is 0.336 e. The second-order valence-electron chi connectivity index (χ2n) is 6.61. The smallest absolute Gasteiger partial charge is 0.336 e. The molecule has 148 valence electrons. The van der Waals surface area contributed by atoms with Gasteiger partial charge in [0.2, 0.25) is 0 Å². The van der Waals surface area contributed by atoms with E-state index in [1.165, 1.54) is 17.8 Å². The minimum absolute atomic E-state index is 0.0397. The molecule has 0 unspecified atom stereocenters. The fourth-order valence-corrected chi connectivity index (χ4v) is 4.29. The van der Waals surface area contributed by atoms with Crippen LogP contribution in [0.4, 0.5) is 0 Å². The highest BCUT2D eigenvalue weighted by molar-refractivity contribution is 7.98. The van der Waals surface area contributed by atoms with Gasteiger partial charge >= 0.3 is 5.63 Å². The topological polar surface area (TPSA) is 74.3 Å². The molecule has 0 saturated carbocycles. The van der Waals surface area contributed by atoms with E-state index in [1.807, 2.05) is 37.3 Å². The quantitative estimate of drug-likeness (QED) is 0.270. The van der Waals surface area contributed by atoms with E-state index in [0.717, 1.165) is 17.4 Å². The number of hydrogen-bond donors (Lipinski definition) is 0. The zero-order valence-corrected chi connectivity index (χ0v) is 17.0. The van der Waals surface area contributed by atoms with Crippen LogP contribution < -0.4 is 15.9 Å². The number of methoxy groups -OCH3 is 1. The van der Waals surface area contributed by atoms with Gasteiger partial charge < -0.3 is 9.15 Å². The lowest BCUT2D eigenvalue weighted by Crippen LogP contribution is -2.23. The van der Waals surface area contributed by atoms with Crippen LogP contribution in [0.3, 0.4) is 0 Å². The summed E-state index contributed by atoms with van der Waals surface area (Å²) in [5.74, 6) is 1.11. The molecule has 2 aromatic heterocycles. The zero-order chi connectivity index (χ0) is 20.4. The molecule has 0 atom stereocenters. The van der Waals surface area contributed by atoms with E-state index >= 15 is 0 Å². The summed E-state index contributed by atoms with van der Waals surface area (Å²) in [6.45, 7) is 2.62. The van der Waals surface area contributed by atoms with E-state index in [0.29, 0.717) is 39.7 Å². The number of thioether (sulfide) groups is 1. The molecule has 0 amide bonds. The first-order valence-electron chi connectivity index (χ1n) is 9.34. The molecule has 0 bridgehead atoms. The Morgan fingerprint density at radius 2 is 1.93 bits per heavy atom. The van der Waals surface area contributed by atoms with Gasteiger partial charge in [0, 0.05) is 29.8 Å². The van der Waals surface area contributed by atoms with Gasteiger partial charge in [-0.15, -0.1) is 0 Å². The molecular formula is C22H20N2O4S. The Bertz CT molecular complexity index is 1310. The SMILES string of the molecule is CCCn1c(SCc2cc(=O)oc3cc(OC)ccc23)nc2ccccc2c1=O. The molecule has 4 aromatic rings. The summed E-state index contributed by atoms with van der Waals surface area (Å²) < 4.78 is 12.2. The van der Waals surface area contributed by atoms with E-state index < -0.39 is 5.63 Å². The third-order valence-corrected chi connectivity index (χ3v) is 5.69. The molecule has 0 radical (unpaired) electrons. The Balaban J connectivity index is 1.76. The summed E-state index contributed by atoms with van der Waals surface area (Å²) in [5, 5.41) is 2.09. The predicted octanol–water partition coefficient (Wildman–Crippen LogP) is 4.21. The Labute approximate surface area is 171 Å². The second-order valence-corrected chi connectivity index (χ2v) is 7.55. The van der Waals surface area contributed by atoms with Crippen molar-refractivity contribution in [3.05, 3.63) is 74.9 Å². The number of fused-ring (bicyclic) bond motifs is 2. The normalized spacial score (nSPS) is 11.2. The van der Waals surface area contributed by atoms with E-state index in [9.17, 15) is 9.59 Å². The minimum Gasteiger partial charge on any atom is -0.497 e. The summed E-state index contributed by atoms with van der Waals surface area (Å²) in [6, 6.07) is 14.3. The first-order valence-corrected chi connectivity index (χ1v) is 10.3. The lowest BCUT2D eigenvalue weighted by molar-refractivity contribution is 0.414. The molecule has 2 aromatic carbocycles. The number of aromatic nitrogens is 2.